The van der Waals surface area contributed by atoms with E-state index in [-0.39, 0.29) is 0 Å². The summed E-state index contributed by atoms with van der Waals surface area (Å²) in [7, 11) is 0. The molecule has 0 amide bonds. The number of aromatic hydroxyl groups is 1. The first-order valence-corrected chi connectivity index (χ1v) is 6.54. The Morgan fingerprint density at radius 2 is 1.88 bits per heavy atom. The normalized spacial score (nSPS) is 23.6. The van der Waals surface area contributed by atoms with E-state index in [2.05, 4.69) is 25.2 Å². The second kappa shape index (κ2) is 4.59. The highest BCUT2D eigenvalue weighted by atomic mass is 16.3. The maximum Gasteiger partial charge on any atom is 0.123 e. The Morgan fingerprint density at radius 1 is 1.24 bits per heavy atom. The molecular weight excluding hydrogens is 210 g/mol. The zero-order valence-electron chi connectivity index (χ0n) is 11.2. The van der Waals surface area contributed by atoms with E-state index in [9.17, 15) is 5.11 Å². The van der Waals surface area contributed by atoms with Crippen LogP contribution in [0.2, 0.25) is 0 Å². The van der Waals surface area contributed by atoms with Crippen LogP contribution in [0, 0.1) is 25.7 Å². The Labute approximate surface area is 104 Å². The van der Waals surface area contributed by atoms with Crippen molar-refractivity contribution in [2.24, 2.45) is 11.8 Å². The lowest BCUT2D eigenvalue weighted by molar-refractivity contribution is 0.211. The molecule has 1 fully saturated rings. The zero-order valence-corrected chi connectivity index (χ0v) is 11.2. The fourth-order valence-corrected chi connectivity index (χ4v) is 2.54. The van der Waals surface area contributed by atoms with Crippen molar-refractivity contribution in [1.29, 1.82) is 0 Å². The van der Waals surface area contributed by atoms with Crippen LogP contribution in [0.15, 0.2) is 12.1 Å². The lowest BCUT2D eigenvalue weighted by Gasteiger charge is -2.39. The molecule has 1 saturated carbocycles. The summed E-state index contributed by atoms with van der Waals surface area (Å²) in [5.41, 5.74) is 3.00. The Balaban J connectivity index is 1.99. The third-order valence-electron chi connectivity index (χ3n) is 4.11. The van der Waals surface area contributed by atoms with E-state index in [4.69, 9.17) is 0 Å². The van der Waals surface area contributed by atoms with E-state index < -0.39 is 0 Å². The summed E-state index contributed by atoms with van der Waals surface area (Å²) in [5, 5.41) is 13.4. The van der Waals surface area contributed by atoms with Crippen molar-refractivity contribution in [2.75, 3.05) is 5.32 Å². The van der Waals surface area contributed by atoms with Crippen molar-refractivity contribution < 1.29 is 5.11 Å². The summed E-state index contributed by atoms with van der Waals surface area (Å²) >= 11 is 0. The van der Waals surface area contributed by atoms with Gasteiger partial charge in [-0.2, -0.15) is 0 Å². The van der Waals surface area contributed by atoms with Gasteiger partial charge in [-0.3, -0.25) is 0 Å². The Morgan fingerprint density at radius 3 is 2.47 bits per heavy atom. The van der Waals surface area contributed by atoms with Gasteiger partial charge in [-0.1, -0.05) is 19.9 Å². The highest BCUT2D eigenvalue weighted by Gasteiger charge is 2.31. The number of hydrogen-bond acceptors (Lipinski definition) is 2. The van der Waals surface area contributed by atoms with Gasteiger partial charge < -0.3 is 10.4 Å². The van der Waals surface area contributed by atoms with Gasteiger partial charge in [0.2, 0.25) is 0 Å². The van der Waals surface area contributed by atoms with Crippen LogP contribution in [0.25, 0.3) is 0 Å². The molecule has 0 aliphatic heterocycles. The predicted octanol–water partition coefficient (Wildman–Crippen LogP) is 3.86. The summed E-state index contributed by atoms with van der Waals surface area (Å²) in [4.78, 5) is 0. The number of phenols is 1. The molecule has 0 heterocycles. The largest absolute Gasteiger partial charge is 0.507 e. The summed E-state index contributed by atoms with van der Waals surface area (Å²) in [6, 6.07) is 4.64. The number of anilines is 1. The minimum absolute atomic E-state index is 0.426. The Bertz CT molecular complexity index is 406. The molecule has 2 N–H and O–H groups in total. The van der Waals surface area contributed by atoms with Gasteiger partial charge in [0, 0.05) is 17.3 Å². The summed E-state index contributed by atoms with van der Waals surface area (Å²) in [5.74, 6) is 2.09. The first-order valence-electron chi connectivity index (χ1n) is 6.54. The van der Waals surface area contributed by atoms with Crippen LogP contribution in [0.4, 0.5) is 5.69 Å². The molecule has 1 aromatic carbocycles. The van der Waals surface area contributed by atoms with Gasteiger partial charge in [0.05, 0.1) is 0 Å². The molecule has 2 heteroatoms. The predicted molar refractivity (Wildman–Crippen MR) is 72.6 cm³/mol. The molecule has 0 unspecified atom stereocenters. The smallest absolute Gasteiger partial charge is 0.123 e. The van der Waals surface area contributed by atoms with Gasteiger partial charge in [0.15, 0.2) is 0 Å². The molecule has 0 atom stereocenters. The SMILES string of the molecule is Cc1ccc(NC2CC(C(C)C)C2)c(C)c1O. The summed E-state index contributed by atoms with van der Waals surface area (Å²) in [6.07, 6.45) is 2.51. The molecule has 1 aliphatic rings. The standard InChI is InChI=1S/C15H23NO/c1-9(2)12-7-13(8-12)16-14-6-5-10(3)15(17)11(14)4/h5-6,9,12-13,16-17H,7-8H2,1-4H3. The number of rotatable bonds is 3. The van der Waals surface area contributed by atoms with Gasteiger partial charge >= 0.3 is 0 Å². The molecule has 0 saturated heterocycles. The molecule has 1 aromatic rings. The third kappa shape index (κ3) is 2.41. The van der Waals surface area contributed by atoms with E-state index in [1.807, 2.05) is 19.9 Å². The average Bonchev–Trinajstić information content (AvgIpc) is 2.21. The van der Waals surface area contributed by atoms with Crippen LogP contribution < -0.4 is 5.32 Å². The van der Waals surface area contributed by atoms with Crippen molar-refractivity contribution in [3.63, 3.8) is 0 Å². The molecule has 1 aliphatic carbocycles. The van der Waals surface area contributed by atoms with Gasteiger partial charge in [0.1, 0.15) is 5.75 Å². The summed E-state index contributed by atoms with van der Waals surface area (Å²) < 4.78 is 0. The minimum atomic E-state index is 0.426. The minimum Gasteiger partial charge on any atom is -0.507 e. The van der Waals surface area contributed by atoms with Gasteiger partial charge in [-0.15, -0.1) is 0 Å². The fraction of sp³-hybridized carbons (Fsp3) is 0.600. The molecular formula is C15H23NO. The molecule has 94 valence electrons. The van der Waals surface area contributed by atoms with Crippen molar-refractivity contribution in [3.8, 4) is 5.75 Å². The van der Waals surface area contributed by atoms with Crippen LogP contribution in [-0.2, 0) is 0 Å². The van der Waals surface area contributed by atoms with Crippen LogP contribution in [-0.4, -0.2) is 11.1 Å². The van der Waals surface area contributed by atoms with Gasteiger partial charge in [0.25, 0.3) is 0 Å². The maximum atomic E-state index is 9.89. The first-order chi connectivity index (χ1) is 7.99. The second-order valence-corrected chi connectivity index (χ2v) is 5.72. The molecule has 0 radical (unpaired) electrons. The second-order valence-electron chi connectivity index (χ2n) is 5.72. The quantitative estimate of drug-likeness (QED) is 0.831. The topological polar surface area (TPSA) is 32.3 Å². The van der Waals surface area contributed by atoms with Crippen molar-refractivity contribution in [1.82, 2.24) is 0 Å². The number of phenolic OH excluding ortho intramolecular Hbond substituents is 1. The van der Waals surface area contributed by atoms with Gasteiger partial charge in [-0.25, -0.2) is 0 Å². The van der Waals surface area contributed by atoms with E-state index >= 15 is 0 Å². The number of nitrogens with one attached hydrogen (secondary N) is 1. The van der Waals surface area contributed by atoms with Crippen LogP contribution in [0.1, 0.15) is 37.8 Å². The highest BCUT2D eigenvalue weighted by Crippen LogP contribution is 2.37. The van der Waals surface area contributed by atoms with Crippen LogP contribution >= 0.6 is 0 Å². The van der Waals surface area contributed by atoms with Crippen molar-refractivity contribution >= 4 is 5.69 Å². The first kappa shape index (κ1) is 12.3. The summed E-state index contributed by atoms with van der Waals surface area (Å²) in [6.45, 7) is 8.50. The van der Waals surface area contributed by atoms with E-state index in [1.165, 1.54) is 12.8 Å². The Kier molecular flexibility index (Phi) is 3.32. The molecule has 0 bridgehead atoms. The maximum absolute atomic E-state index is 9.89. The molecule has 2 nitrogen and oxygen atoms in total. The molecule has 17 heavy (non-hydrogen) atoms. The zero-order chi connectivity index (χ0) is 12.6. The highest BCUT2D eigenvalue weighted by molar-refractivity contribution is 5.59. The van der Waals surface area contributed by atoms with E-state index in [1.54, 1.807) is 0 Å². The van der Waals surface area contributed by atoms with E-state index in [0.29, 0.717) is 11.8 Å². The number of benzene rings is 1. The lowest BCUT2D eigenvalue weighted by atomic mass is 9.73. The van der Waals surface area contributed by atoms with Crippen molar-refractivity contribution in [2.45, 2.75) is 46.6 Å². The number of hydrogen-bond donors (Lipinski definition) is 2. The third-order valence-corrected chi connectivity index (χ3v) is 4.11. The number of aryl methyl sites for hydroxylation is 1. The molecule has 0 spiro atoms. The van der Waals surface area contributed by atoms with Crippen molar-refractivity contribution in [3.05, 3.63) is 23.3 Å². The van der Waals surface area contributed by atoms with Crippen LogP contribution in [0.5, 0.6) is 5.75 Å². The monoisotopic (exact) mass is 233 g/mol. The average molecular weight is 233 g/mol. The fourth-order valence-electron chi connectivity index (χ4n) is 2.54. The Hall–Kier alpha value is -1.18. The van der Waals surface area contributed by atoms with E-state index in [0.717, 1.165) is 28.7 Å². The molecule has 2 rings (SSSR count). The lowest BCUT2D eigenvalue weighted by Crippen LogP contribution is -2.38. The van der Waals surface area contributed by atoms with Crippen LogP contribution in [0.3, 0.4) is 0 Å². The van der Waals surface area contributed by atoms with Gasteiger partial charge in [-0.05, 0) is 50.2 Å². The molecule has 0 aromatic heterocycles.